The van der Waals surface area contributed by atoms with Gasteiger partial charge in [-0.25, -0.2) is 4.79 Å². The molecule has 3 rings (SSSR count). The molecule has 1 saturated heterocycles. The van der Waals surface area contributed by atoms with E-state index in [0.717, 1.165) is 17.7 Å². The van der Waals surface area contributed by atoms with E-state index in [4.69, 9.17) is 9.47 Å². The SMILES string of the molecule is O=C(NCc1cccs1)NC[C@@H]1COC2(CCCC2)O1. The molecule has 0 bridgehead atoms. The lowest BCUT2D eigenvalue weighted by Crippen LogP contribution is -2.40. The first-order valence-corrected chi connectivity index (χ1v) is 8.00. The Bertz CT molecular complexity index is 443. The van der Waals surface area contributed by atoms with Crippen LogP contribution < -0.4 is 10.6 Å². The summed E-state index contributed by atoms with van der Waals surface area (Å²) in [7, 11) is 0. The lowest BCUT2D eigenvalue weighted by molar-refractivity contribution is -0.160. The van der Waals surface area contributed by atoms with Gasteiger partial charge in [0.25, 0.3) is 0 Å². The van der Waals surface area contributed by atoms with E-state index >= 15 is 0 Å². The maximum Gasteiger partial charge on any atom is 0.315 e. The minimum absolute atomic E-state index is 0.0272. The number of hydrogen-bond acceptors (Lipinski definition) is 4. The molecule has 0 aromatic carbocycles. The Kier molecular flexibility index (Phi) is 4.24. The number of nitrogens with one attached hydrogen (secondary N) is 2. The van der Waals surface area contributed by atoms with Crippen molar-refractivity contribution in [3.05, 3.63) is 22.4 Å². The molecule has 110 valence electrons. The van der Waals surface area contributed by atoms with Crippen LogP contribution in [0.4, 0.5) is 4.79 Å². The van der Waals surface area contributed by atoms with Gasteiger partial charge in [-0.3, -0.25) is 0 Å². The third-order valence-corrected chi connectivity index (χ3v) is 4.65. The van der Waals surface area contributed by atoms with Gasteiger partial charge in [0.1, 0.15) is 6.10 Å². The Morgan fingerprint density at radius 1 is 1.40 bits per heavy atom. The number of thiophene rings is 1. The van der Waals surface area contributed by atoms with Crippen molar-refractivity contribution < 1.29 is 14.3 Å². The van der Waals surface area contributed by atoms with Crippen LogP contribution in [-0.4, -0.2) is 31.1 Å². The maximum atomic E-state index is 11.7. The average Bonchev–Trinajstić information content (AvgIpc) is 3.18. The third-order valence-electron chi connectivity index (χ3n) is 3.77. The smallest absolute Gasteiger partial charge is 0.315 e. The minimum Gasteiger partial charge on any atom is -0.347 e. The molecular weight excluding hydrogens is 276 g/mol. The highest BCUT2D eigenvalue weighted by atomic mass is 32.1. The predicted octanol–water partition coefficient (Wildman–Crippen LogP) is 2.23. The Hall–Kier alpha value is -1.11. The van der Waals surface area contributed by atoms with Crippen LogP contribution >= 0.6 is 11.3 Å². The number of carbonyl (C=O) groups is 1. The van der Waals surface area contributed by atoms with Gasteiger partial charge in [0.15, 0.2) is 5.79 Å². The van der Waals surface area contributed by atoms with Crippen molar-refractivity contribution in [3.63, 3.8) is 0 Å². The van der Waals surface area contributed by atoms with Crippen molar-refractivity contribution in [1.29, 1.82) is 0 Å². The summed E-state index contributed by atoms with van der Waals surface area (Å²) < 4.78 is 11.7. The van der Waals surface area contributed by atoms with Crippen molar-refractivity contribution >= 4 is 17.4 Å². The van der Waals surface area contributed by atoms with Gasteiger partial charge in [0.05, 0.1) is 13.2 Å². The first kappa shape index (κ1) is 13.9. The highest BCUT2D eigenvalue weighted by molar-refractivity contribution is 7.09. The molecule has 2 fully saturated rings. The van der Waals surface area contributed by atoms with Crippen LogP contribution in [-0.2, 0) is 16.0 Å². The van der Waals surface area contributed by atoms with Gasteiger partial charge in [-0.15, -0.1) is 11.3 Å². The molecule has 1 spiro atoms. The molecule has 2 N–H and O–H groups in total. The van der Waals surface area contributed by atoms with Crippen molar-refractivity contribution in [2.45, 2.75) is 44.1 Å². The molecule has 1 aliphatic carbocycles. The molecule has 6 heteroatoms. The van der Waals surface area contributed by atoms with E-state index in [1.165, 1.54) is 12.8 Å². The van der Waals surface area contributed by atoms with Crippen LogP contribution in [0.2, 0.25) is 0 Å². The van der Waals surface area contributed by atoms with Crippen LogP contribution in [0.1, 0.15) is 30.6 Å². The third kappa shape index (κ3) is 3.31. The normalized spacial score (nSPS) is 24.1. The number of amides is 2. The molecule has 5 nitrogen and oxygen atoms in total. The largest absolute Gasteiger partial charge is 0.347 e. The number of rotatable bonds is 4. The van der Waals surface area contributed by atoms with Crippen LogP contribution in [0.3, 0.4) is 0 Å². The van der Waals surface area contributed by atoms with Gasteiger partial charge in [0.2, 0.25) is 0 Å². The zero-order chi connectivity index (χ0) is 13.8. The van der Waals surface area contributed by atoms with Gasteiger partial charge in [-0.1, -0.05) is 6.07 Å². The second-order valence-corrected chi connectivity index (χ2v) is 6.34. The molecule has 1 atom stereocenters. The fourth-order valence-corrected chi connectivity index (χ4v) is 3.39. The molecule has 0 radical (unpaired) electrons. The van der Waals surface area contributed by atoms with Gasteiger partial charge < -0.3 is 20.1 Å². The molecule has 2 aliphatic rings. The lowest BCUT2D eigenvalue weighted by Gasteiger charge is -2.21. The summed E-state index contributed by atoms with van der Waals surface area (Å²) in [5.74, 6) is -0.347. The fraction of sp³-hybridized carbons (Fsp3) is 0.643. The Morgan fingerprint density at radius 3 is 3.00 bits per heavy atom. The van der Waals surface area contributed by atoms with E-state index in [9.17, 15) is 4.79 Å². The monoisotopic (exact) mass is 296 g/mol. The highest BCUT2D eigenvalue weighted by Gasteiger charge is 2.43. The van der Waals surface area contributed by atoms with Crippen molar-refractivity contribution in [2.24, 2.45) is 0 Å². The summed E-state index contributed by atoms with van der Waals surface area (Å²) in [6.07, 6.45) is 4.27. The van der Waals surface area contributed by atoms with Crippen LogP contribution in [0.15, 0.2) is 17.5 Å². The first-order chi connectivity index (χ1) is 9.76. The molecule has 1 aliphatic heterocycles. The minimum atomic E-state index is -0.347. The zero-order valence-corrected chi connectivity index (χ0v) is 12.2. The number of carbonyl (C=O) groups excluding carboxylic acids is 1. The van der Waals surface area contributed by atoms with Gasteiger partial charge in [-0.2, -0.15) is 0 Å². The molecular formula is C14H20N2O3S. The standard InChI is InChI=1S/C14H20N2O3S/c17-13(16-9-12-4-3-7-20-12)15-8-11-10-18-14(19-11)5-1-2-6-14/h3-4,7,11H,1-2,5-6,8-10H2,(H2,15,16,17)/t11-/m1/s1. The molecule has 20 heavy (non-hydrogen) atoms. The van der Waals surface area contributed by atoms with Crippen LogP contribution in [0.25, 0.3) is 0 Å². The van der Waals surface area contributed by atoms with Crippen molar-refractivity contribution in [1.82, 2.24) is 10.6 Å². The summed E-state index contributed by atoms with van der Waals surface area (Å²) >= 11 is 1.63. The molecule has 1 aromatic heterocycles. The summed E-state index contributed by atoms with van der Waals surface area (Å²) in [4.78, 5) is 12.8. The van der Waals surface area contributed by atoms with E-state index in [1.54, 1.807) is 11.3 Å². The number of ether oxygens (including phenoxy) is 2. The summed E-state index contributed by atoms with van der Waals surface area (Å²) in [6.45, 7) is 1.64. The second-order valence-electron chi connectivity index (χ2n) is 5.31. The van der Waals surface area contributed by atoms with E-state index < -0.39 is 0 Å². The summed E-state index contributed by atoms with van der Waals surface area (Å²) in [5, 5.41) is 7.68. The molecule has 2 amide bonds. The van der Waals surface area contributed by atoms with E-state index in [2.05, 4.69) is 10.6 Å². The summed E-state index contributed by atoms with van der Waals surface area (Å²) in [6, 6.07) is 3.82. The van der Waals surface area contributed by atoms with E-state index in [-0.39, 0.29) is 17.9 Å². The predicted molar refractivity (Wildman–Crippen MR) is 76.6 cm³/mol. The molecule has 2 heterocycles. The first-order valence-electron chi connectivity index (χ1n) is 7.12. The number of urea groups is 1. The maximum absolute atomic E-state index is 11.7. The molecule has 0 unspecified atom stereocenters. The highest BCUT2D eigenvalue weighted by Crippen LogP contribution is 2.38. The van der Waals surface area contributed by atoms with Crippen LogP contribution in [0, 0.1) is 0 Å². The fourth-order valence-electron chi connectivity index (χ4n) is 2.74. The summed E-state index contributed by atoms with van der Waals surface area (Å²) in [5.41, 5.74) is 0. The number of hydrogen-bond donors (Lipinski definition) is 2. The molecule has 1 saturated carbocycles. The Morgan fingerprint density at radius 2 is 2.25 bits per heavy atom. The van der Waals surface area contributed by atoms with Gasteiger partial charge in [0, 0.05) is 24.3 Å². The average molecular weight is 296 g/mol. The Labute approximate surface area is 122 Å². The van der Waals surface area contributed by atoms with Crippen LogP contribution in [0.5, 0.6) is 0 Å². The van der Waals surface area contributed by atoms with Gasteiger partial charge >= 0.3 is 6.03 Å². The Balaban J connectivity index is 1.36. The zero-order valence-electron chi connectivity index (χ0n) is 11.4. The lowest BCUT2D eigenvalue weighted by atomic mass is 10.2. The van der Waals surface area contributed by atoms with Gasteiger partial charge in [-0.05, 0) is 24.3 Å². The van der Waals surface area contributed by atoms with Crippen molar-refractivity contribution in [3.8, 4) is 0 Å². The van der Waals surface area contributed by atoms with E-state index in [1.807, 2.05) is 17.5 Å². The molecule has 1 aromatic rings. The quantitative estimate of drug-likeness (QED) is 0.896. The van der Waals surface area contributed by atoms with Crippen molar-refractivity contribution in [2.75, 3.05) is 13.2 Å². The second kappa shape index (κ2) is 6.11. The topological polar surface area (TPSA) is 59.6 Å². The van der Waals surface area contributed by atoms with E-state index in [0.29, 0.717) is 19.7 Å².